The average Bonchev–Trinajstić information content (AvgIpc) is 2.48. The zero-order chi connectivity index (χ0) is 14.1. The first-order valence-electron chi connectivity index (χ1n) is 6.21. The molecule has 1 aliphatic heterocycles. The maximum Gasteiger partial charge on any atom is 0.268 e. The van der Waals surface area contributed by atoms with Crippen molar-refractivity contribution < 1.29 is 4.79 Å². The SMILES string of the molecule is CC1=Cc2c(Cl)cccc2SN1C(=O)c1ccccc1. The number of halogens is 1. The summed E-state index contributed by atoms with van der Waals surface area (Å²) >= 11 is 7.60. The topological polar surface area (TPSA) is 20.3 Å². The Kier molecular flexibility index (Phi) is 3.55. The van der Waals surface area contributed by atoms with E-state index in [2.05, 4.69) is 0 Å². The van der Waals surface area contributed by atoms with Crippen molar-refractivity contribution in [2.24, 2.45) is 0 Å². The molecule has 0 aromatic heterocycles. The molecule has 0 unspecified atom stereocenters. The lowest BCUT2D eigenvalue weighted by molar-refractivity contribution is 0.0898. The predicted molar refractivity (Wildman–Crippen MR) is 83.6 cm³/mol. The highest BCUT2D eigenvalue weighted by Crippen LogP contribution is 2.39. The molecule has 0 saturated carbocycles. The standard InChI is InChI=1S/C16H12ClNOS/c1-11-10-13-14(17)8-5-9-15(13)20-18(11)16(19)12-6-3-2-4-7-12/h2-10H,1H3. The van der Waals surface area contributed by atoms with Crippen LogP contribution in [-0.2, 0) is 0 Å². The Morgan fingerprint density at radius 1 is 1.10 bits per heavy atom. The maximum atomic E-state index is 12.5. The second-order valence-corrected chi connectivity index (χ2v) is 5.89. The molecule has 4 heteroatoms. The number of benzene rings is 2. The quantitative estimate of drug-likeness (QED) is 0.701. The summed E-state index contributed by atoms with van der Waals surface area (Å²) in [6.07, 6.45) is 1.95. The van der Waals surface area contributed by atoms with E-state index in [4.69, 9.17) is 11.6 Å². The summed E-state index contributed by atoms with van der Waals surface area (Å²) in [5.74, 6) is -0.0185. The van der Waals surface area contributed by atoms with Crippen molar-refractivity contribution in [1.82, 2.24) is 4.31 Å². The summed E-state index contributed by atoms with van der Waals surface area (Å²) in [6, 6.07) is 15.0. The van der Waals surface area contributed by atoms with Gasteiger partial charge in [-0.3, -0.25) is 4.79 Å². The van der Waals surface area contributed by atoms with E-state index in [-0.39, 0.29) is 5.91 Å². The third kappa shape index (κ3) is 2.35. The maximum absolute atomic E-state index is 12.5. The Hall–Kier alpha value is -1.71. The minimum Gasteiger partial charge on any atom is -0.268 e. The molecule has 0 fully saturated rings. The Morgan fingerprint density at radius 3 is 2.60 bits per heavy atom. The molecule has 1 aliphatic rings. The highest BCUT2D eigenvalue weighted by Gasteiger charge is 2.24. The number of carbonyl (C=O) groups excluding carboxylic acids is 1. The molecule has 0 atom stereocenters. The smallest absolute Gasteiger partial charge is 0.268 e. The minimum atomic E-state index is -0.0185. The van der Waals surface area contributed by atoms with Gasteiger partial charge in [-0.2, -0.15) is 0 Å². The van der Waals surface area contributed by atoms with Crippen LogP contribution in [0.25, 0.3) is 6.08 Å². The van der Waals surface area contributed by atoms with Crippen molar-refractivity contribution in [3.63, 3.8) is 0 Å². The molecule has 0 N–H and O–H groups in total. The van der Waals surface area contributed by atoms with Gasteiger partial charge in [0.05, 0.1) is 0 Å². The van der Waals surface area contributed by atoms with Gasteiger partial charge in [0.15, 0.2) is 0 Å². The summed E-state index contributed by atoms with van der Waals surface area (Å²) in [5, 5.41) is 0.709. The van der Waals surface area contributed by atoms with Crippen LogP contribution in [0.4, 0.5) is 0 Å². The average molecular weight is 302 g/mol. The number of fused-ring (bicyclic) bond motifs is 1. The van der Waals surface area contributed by atoms with Crippen molar-refractivity contribution >= 4 is 35.5 Å². The molecule has 3 rings (SSSR count). The molecule has 0 radical (unpaired) electrons. The van der Waals surface area contributed by atoms with Crippen LogP contribution < -0.4 is 0 Å². The second kappa shape index (κ2) is 5.35. The molecule has 20 heavy (non-hydrogen) atoms. The van der Waals surface area contributed by atoms with Crippen molar-refractivity contribution in [3.05, 3.63) is 70.4 Å². The van der Waals surface area contributed by atoms with E-state index in [1.165, 1.54) is 11.9 Å². The highest BCUT2D eigenvalue weighted by molar-refractivity contribution is 7.97. The number of allylic oxidation sites excluding steroid dienone is 1. The fraction of sp³-hybridized carbons (Fsp3) is 0.0625. The van der Waals surface area contributed by atoms with Gasteiger partial charge in [0.1, 0.15) is 0 Å². The van der Waals surface area contributed by atoms with Gasteiger partial charge in [0.2, 0.25) is 0 Å². The second-order valence-electron chi connectivity index (χ2n) is 4.49. The first-order valence-corrected chi connectivity index (χ1v) is 7.36. The van der Waals surface area contributed by atoms with E-state index < -0.39 is 0 Å². The first-order chi connectivity index (χ1) is 9.66. The highest BCUT2D eigenvalue weighted by atomic mass is 35.5. The molecule has 0 bridgehead atoms. The summed E-state index contributed by atoms with van der Waals surface area (Å²) in [7, 11) is 0. The minimum absolute atomic E-state index is 0.0185. The summed E-state index contributed by atoms with van der Waals surface area (Å²) < 4.78 is 1.70. The van der Waals surface area contributed by atoms with E-state index in [1.54, 1.807) is 4.31 Å². The lowest BCUT2D eigenvalue weighted by Crippen LogP contribution is -2.24. The van der Waals surface area contributed by atoms with Gasteiger partial charge in [0.25, 0.3) is 5.91 Å². The zero-order valence-corrected chi connectivity index (χ0v) is 12.4. The lowest BCUT2D eigenvalue weighted by atomic mass is 10.1. The molecular formula is C16H12ClNOS. The van der Waals surface area contributed by atoms with Crippen molar-refractivity contribution in [3.8, 4) is 0 Å². The fourth-order valence-corrected chi connectivity index (χ4v) is 3.35. The predicted octanol–water partition coefficient (Wildman–Crippen LogP) is 4.86. The van der Waals surface area contributed by atoms with E-state index >= 15 is 0 Å². The molecule has 2 nitrogen and oxygen atoms in total. The van der Waals surface area contributed by atoms with E-state index in [1.807, 2.05) is 61.5 Å². The van der Waals surface area contributed by atoms with Gasteiger partial charge in [-0.1, -0.05) is 35.9 Å². The molecule has 0 aliphatic carbocycles. The largest absolute Gasteiger partial charge is 0.268 e. The Balaban J connectivity index is 1.97. The zero-order valence-electron chi connectivity index (χ0n) is 10.8. The number of carbonyl (C=O) groups is 1. The third-order valence-electron chi connectivity index (χ3n) is 3.08. The summed E-state index contributed by atoms with van der Waals surface area (Å²) in [5.41, 5.74) is 2.54. The van der Waals surface area contributed by atoms with Crippen molar-refractivity contribution in [2.75, 3.05) is 0 Å². The Labute approximate surface area is 127 Å². The molecule has 0 saturated heterocycles. The van der Waals surface area contributed by atoms with E-state index in [0.29, 0.717) is 10.6 Å². The normalized spacial score (nSPS) is 13.7. The summed E-state index contributed by atoms with van der Waals surface area (Å²) in [4.78, 5) is 13.5. The number of hydrogen-bond acceptors (Lipinski definition) is 2. The molecule has 2 aromatic rings. The monoisotopic (exact) mass is 301 g/mol. The van der Waals surface area contributed by atoms with Crippen molar-refractivity contribution in [1.29, 1.82) is 0 Å². The Bertz CT molecular complexity index is 697. The van der Waals surface area contributed by atoms with Crippen LogP contribution in [0.2, 0.25) is 5.02 Å². The van der Waals surface area contributed by atoms with Crippen molar-refractivity contribution in [2.45, 2.75) is 11.8 Å². The molecular weight excluding hydrogens is 290 g/mol. The molecule has 100 valence electrons. The number of nitrogens with zero attached hydrogens (tertiary/aromatic N) is 1. The fourth-order valence-electron chi connectivity index (χ4n) is 2.07. The van der Waals surface area contributed by atoms with Crippen LogP contribution in [-0.4, -0.2) is 10.2 Å². The lowest BCUT2D eigenvalue weighted by Gasteiger charge is -2.27. The molecule has 1 amide bonds. The van der Waals surface area contributed by atoms with Gasteiger partial charge in [-0.25, -0.2) is 4.31 Å². The molecule has 1 heterocycles. The van der Waals surface area contributed by atoms with Gasteiger partial charge in [-0.05, 0) is 49.2 Å². The van der Waals surface area contributed by atoms with Gasteiger partial charge in [0, 0.05) is 26.7 Å². The number of hydrogen-bond donors (Lipinski definition) is 0. The van der Waals surface area contributed by atoms with E-state index in [9.17, 15) is 4.79 Å². The van der Waals surface area contributed by atoms with Crippen LogP contribution in [0, 0.1) is 0 Å². The number of rotatable bonds is 1. The Morgan fingerprint density at radius 2 is 1.85 bits per heavy atom. The molecule has 2 aromatic carbocycles. The third-order valence-corrected chi connectivity index (χ3v) is 4.60. The van der Waals surface area contributed by atoms with Gasteiger partial charge in [-0.15, -0.1) is 0 Å². The van der Waals surface area contributed by atoms with Crippen LogP contribution in [0.15, 0.2) is 59.1 Å². The van der Waals surface area contributed by atoms with Crippen LogP contribution in [0.3, 0.4) is 0 Å². The number of amides is 1. The van der Waals surface area contributed by atoms with Crippen LogP contribution in [0.1, 0.15) is 22.8 Å². The van der Waals surface area contributed by atoms with Gasteiger partial charge < -0.3 is 0 Å². The van der Waals surface area contributed by atoms with Gasteiger partial charge >= 0.3 is 0 Å². The summed E-state index contributed by atoms with van der Waals surface area (Å²) in [6.45, 7) is 1.92. The molecule has 0 spiro atoms. The first kappa shape index (κ1) is 13.3. The van der Waals surface area contributed by atoms with Crippen LogP contribution in [0.5, 0.6) is 0 Å². The van der Waals surface area contributed by atoms with Crippen LogP contribution >= 0.6 is 23.5 Å². The van der Waals surface area contributed by atoms with E-state index in [0.717, 1.165) is 16.2 Å².